The van der Waals surface area contributed by atoms with Crippen LogP contribution in [-0.4, -0.2) is 31.3 Å². The summed E-state index contributed by atoms with van der Waals surface area (Å²) in [6.07, 6.45) is 4.74. The summed E-state index contributed by atoms with van der Waals surface area (Å²) < 4.78 is 5.43. The van der Waals surface area contributed by atoms with Crippen molar-refractivity contribution in [1.29, 1.82) is 0 Å². The predicted molar refractivity (Wildman–Crippen MR) is 90.4 cm³/mol. The van der Waals surface area contributed by atoms with Crippen molar-refractivity contribution in [2.24, 2.45) is 0 Å². The van der Waals surface area contributed by atoms with Gasteiger partial charge in [-0.15, -0.1) is 0 Å². The molecule has 1 aliphatic rings. The highest BCUT2D eigenvalue weighted by Gasteiger charge is 2.13. The molecule has 1 saturated heterocycles. The van der Waals surface area contributed by atoms with E-state index in [1.807, 2.05) is 12.4 Å². The molecule has 0 bridgehead atoms. The van der Waals surface area contributed by atoms with Crippen LogP contribution < -0.4 is 10.2 Å². The minimum atomic E-state index is 0.308. The highest BCUT2D eigenvalue weighted by molar-refractivity contribution is 5.59. The molecule has 1 N–H and O–H groups in total. The van der Waals surface area contributed by atoms with E-state index in [4.69, 9.17) is 4.74 Å². The number of hydrogen-bond donors (Lipinski definition) is 1. The van der Waals surface area contributed by atoms with Crippen molar-refractivity contribution in [2.75, 3.05) is 36.5 Å². The van der Waals surface area contributed by atoms with E-state index in [9.17, 15) is 0 Å². The third-order valence-electron chi connectivity index (χ3n) is 4.08. The number of pyridine rings is 1. The Kier molecular flexibility index (Phi) is 4.91. The van der Waals surface area contributed by atoms with Gasteiger partial charge in [-0.1, -0.05) is 13.0 Å². The molecular weight excluding hydrogens is 274 g/mol. The fourth-order valence-corrected chi connectivity index (χ4v) is 2.83. The normalized spacial score (nSPS) is 16.3. The molecule has 116 valence electrons. The predicted octanol–water partition coefficient (Wildman–Crippen LogP) is 3.48. The fraction of sp³-hybridized carbons (Fsp3) is 0.389. The molecule has 1 fully saturated rings. The molecule has 22 heavy (non-hydrogen) atoms. The molecule has 0 amide bonds. The first kappa shape index (κ1) is 14.9. The van der Waals surface area contributed by atoms with E-state index in [2.05, 4.69) is 58.5 Å². The maximum absolute atomic E-state index is 5.43. The van der Waals surface area contributed by atoms with E-state index in [0.29, 0.717) is 6.04 Å². The number of rotatable bonds is 5. The van der Waals surface area contributed by atoms with Crippen LogP contribution in [0.5, 0.6) is 0 Å². The zero-order valence-corrected chi connectivity index (χ0v) is 13.0. The monoisotopic (exact) mass is 297 g/mol. The van der Waals surface area contributed by atoms with Crippen molar-refractivity contribution in [3.63, 3.8) is 0 Å². The molecule has 1 aromatic carbocycles. The summed E-state index contributed by atoms with van der Waals surface area (Å²) in [4.78, 5) is 6.48. The van der Waals surface area contributed by atoms with Crippen molar-refractivity contribution in [1.82, 2.24) is 4.98 Å². The molecule has 2 aromatic rings. The van der Waals surface area contributed by atoms with Crippen molar-refractivity contribution >= 4 is 11.4 Å². The molecule has 0 radical (unpaired) electrons. The number of aromatic nitrogens is 1. The Morgan fingerprint density at radius 3 is 2.68 bits per heavy atom. The highest BCUT2D eigenvalue weighted by Crippen LogP contribution is 2.25. The van der Waals surface area contributed by atoms with Crippen LogP contribution >= 0.6 is 0 Å². The molecule has 3 rings (SSSR count). The molecule has 0 aliphatic carbocycles. The average molecular weight is 297 g/mol. The molecule has 1 unspecified atom stereocenters. The van der Waals surface area contributed by atoms with Gasteiger partial charge in [-0.05, 0) is 42.3 Å². The number of nitrogens with zero attached hydrogens (tertiary/aromatic N) is 2. The number of anilines is 2. The lowest BCUT2D eigenvalue weighted by atomic mass is 10.1. The zero-order valence-electron chi connectivity index (χ0n) is 13.0. The van der Waals surface area contributed by atoms with Crippen molar-refractivity contribution in [3.05, 3.63) is 54.4 Å². The lowest BCUT2D eigenvalue weighted by Gasteiger charge is -2.29. The van der Waals surface area contributed by atoms with E-state index in [1.54, 1.807) is 0 Å². The van der Waals surface area contributed by atoms with E-state index in [1.165, 1.54) is 11.3 Å². The van der Waals surface area contributed by atoms with E-state index in [-0.39, 0.29) is 0 Å². The van der Waals surface area contributed by atoms with Gasteiger partial charge < -0.3 is 15.0 Å². The zero-order chi connectivity index (χ0) is 15.2. The molecule has 0 spiro atoms. The number of benzene rings is 1. The van der Waals surface area contributed by atoms with E-state index >= 15 is 0 Å². The van der Waals surface area contributed by atoms with Gasteiger partial charge >= 0.3 is 0 Å². The Bertz CT molecular complexity index is 582. The standard InChI is InChI=1S/C18H23N3O/c1-2-18(15-6-8-19-9-7-15)20-16-4-3-5-17(14-16)21-10-12-22-13-11-21/h3-9,14,18,20H,2,10-13H2,1H3. The summed E-state index contributed by atoms with van der Waals surface area (Å²) in [6, 6.07) is 13.1. The van der Waals surface area contributed by atoms with Gasteiger partial charge in [-0.25, -0.2) is 0 Å². The van der Waals surface area contributed by atoms with Crippen LogP contribution in [0.15, 0.2) is 48.8 Å². The first-order valence-electron chi connectivity index (χ1n) is 7.96. The van der Waals surface area contributed by atoms with Gasteiger partial charge in [0.15, 0.2) is 0 Å². The summed E-state index contributed by atoms with van der Waals surface area (Å²) in [6.45, 7) is 5.75. The maximum atomic E-state index is 5.43. The number of hydrogen-bond acceptors (Lipinski definition) is 4. The highest BCUT2D eigenvalue weighted by atomic mass is 16.5. The Hall–Kier alpha value is -2.07. The topological polar surface area (TPSA) is 37.4 Å². The van der Waals surface area contributed by atoms with Crippen LogP contribution in [0.1, 0.15) is 24.9 Å². The molecular formula is C18H23N3O. The summed E-state index contributed by atoms with van der Waals surface area (Å²) >= 11 is 0. The van der Waals surface area contributed by atoms with Gasteiger partial charge in [0.1, 0.15) is 0 Å². The lowest BCUT2D eigenvalue weighted by Crippen LogP contribution is -2.36. The fourth-order valence-electron chi connectivity index (χ4n) is 2.83. The molecule has 1 aliphatic heterocycles. The minimum Gasteiger partial charge on any atom is -0.378 e. The quantitative estimate of drug-likeness (QED) is 0.917. The largest absolute Gasteiger partial charge is 0.378 e. The van der Waals surface area contributed by atoms with Gasteiger partial charge in [0.2, 0.25) is 0 Å². The number of morpholine rings is 1. The van der Waals surface area contributed by atoms with Crippen molar-refractivity contribution in [3.8, 4) is 0 Å². The molecule has 1 aromatic heterocycles. The van der Waals surface area contributed by atoms with Gasteiger partial charge in [0.05, 0.1) is 19.3 Å². The van der Waals surface area contributed by atoms with Crippen LogP contribution in [-0.2, 0) is 4.74 Å². The van der Waals surface area contributed by atoms with Gasteiger partial charge in [0.25, 0.3) is 0 Å². The maximum Gasteiger partial charge on any atom is 0.0642 e. The molecule has 1 atom stereocenters. The third-order valence-corrected chi connectivity index (χ3v) is 4.08. The van der Waals surface area contributed by atoms with E-state index in [0.717, 1.165) is 38.4 Å². The number of ether oxygens (including phenoxy) is 1. The van der Waals surface area contributed by atoms with Crippen LogP contribution in [0, 0.1) is 0 Å². The van der Waals surface area contributed by atoms with Crippen LogP contribution in [0.25, 0.3) is 0 Å². The Morgan fingerprint density at radius 2 is 1.95 bits per heavy atom. The smallest absolute Gasteiger partial charge is 0.0642 e. The summed E-state index contributed by atoms with van der Waals surface area (Å²) in [7, 11) is 0. The molecule has 4 nitrogen and oxygen atoms in total. The molecule has 4 heteroatoms. The average Bonchev–Trinajstić information content (AvgIpc) is 2.61. The Labute approximate surface area is 132 Å². The second kappa shape index (κ2) is 7.27. The van der Waals surface area contributed by atoms with E-state index < -0.39 is 0 Å². The second-order valence-electron chi connectivity index (χ2n) is 5.54. The third kappa shape index (κ3) is 3.57. The first-order valence-corrected chi connectivity index (χ1v) is 7.96. The Balaban J connectivity index is 1.74. The lowest BCUT2D eigenvalue weighted by molar-refractivity contribution is 0.122. The second-order valence-corrected chi connectivity index (χ2v) is 5.54. The van der Waals surface area contributed by atoms with Crippen molar-refractivity contribution in [2.45, 2.75) is 19.4 Å². The van der Waals surface area contributed by atoms with Gasteiger partial charge in [-0.2, -0.15) is 0 Å². The van der Waals surface area contributed by atoms with Gasteiger partial charge in [-0.3, -0.25) is 4.98 Å². The Morgan fingerprint density at radius 1 is 1.18 bits per heavy atom. The minimum absolute atomic E-state index is 0.308. The van der Waals surface area contributed by atoms with Crippen LogP contribution in [0.3, 0.4) is 0 Å². The summed E-state index contributed by atoms with van der Waals surface area (Å²) in [5, 5.41) is 3.64. The number of nitrogens with one attached hydrogen (secondary N) is 1. The van der Waals surface area contributed by atoms with Crippen LogP contribution in [0.4, 0.5) is 11.4 Å². The first-order chi connectivity index (χ1) is 10.9. The summed E-state index contributed by atoms with van der Waals surface area (Å²) in [5.41, 5.74) is 3.69. The van der Waals surface area contributed by atoms with Gasteiger partial charge in [0, 0.05) is 36.9 Å². The van der Waals surface area contributed by atoms with Crippen LogP contribution in [0.2, 0.25) is 0 Å². The molecule has 0 saturated carbocycles. The SMILES string of the molecule is CCC(Nc1cccc(N2CCOCC2)c1)c1ccncc1. The van der Waals surface area contributed by atoms with Crippen molar-refractivity contribution < 1.29 is 4.74 Å². The summed E-state index contributed by atoms with van der Waals surface area (Å²) in [5.74, 6) is 0. The molecule has 2 heterocycles.